The quantitative estimate of drug-likeness (QED) is 0.866. The molecule has 0 saturated carbocycles. The first-order valence-electron chi connectivity index (χ1n) is 5.47. The Kier molecular flexibility index (Phi) is 3.23. The lowest BCUT2D eigenvalue weighted by atomic mass is 10.2. The third kappa shape index (κ3) is 2.82. The first kappa shape index (κ1) is 12.0. The second-order valence-electron chi connectivity index (χ2n) is 4.02. The van der Waals surface area contributed by atoms with Crippen LogP contribution in [-0.4, -0.2) is 21.0 Å². The first-order chi connectivity index (χ1) is 8.54. The predicted octanol–water partition coefficient (Wildman–Crippen LogP) is 2.54. The van der Waals surface area contributed by atoms with E-state index in [2.05, 4.69) is 15.3 Å². The van der Waals surface area contributed by atoms with Gasteiger partial charge in [-0.25, -0.2) is 14.8 Å². The van der Waals surface area contributed by atoms with Crippen LogP contribution in [0.15, 0.2) is 30.3 Å². The van der Waals surface area contributed by atoms with Crippen LogP contribution in [0, 0.1) is 13.8 Å². The van der Waals surface area contributed by atoms with Crippen molar-refractivity contribution in [3.05, 3.63) is 47.3 Å². The zero-order valence-electron chi connectivity index (χ0n) is 10.1. The van der Waals surface area contributed by atoms with Crippen LogP contribution in [0.25, 0.3) is 0 Å². The number of hydrogen-bond donors (Lipinski definition) is 2. The van der Waals surface area contributed by atoms with Gasteiger partial charge in [0, 0.05) is 11.4 Å². The Morgan fingerprint density at radius 3 is 2.67 bits per heavy atom. The Balaban J connectivity index is 2.31. The van der Waals surface area contributed by atoms with Crippen LogP contribution in [0.1, 0.15) is 21.7 Å². The van der Waals surface area contributed by atoms with E-state index in [0.717, 1.165) is 11.3 Å². The summed E-state index contributed by atoms with van der Waals surface area (Å²) < 4.78 is 0. The molecule has 1 aromatic heterocycles. The van der Waals surface area contributed by atoms with Crippen molar-refractivity contribution < 1.29 is 9.90 Å². The molecule has 2 N–H and O–H groups in total. The Labute approximate surface area is 105 Å². The van der Waals surface area contributed by atoms with Crippen LogP contribution < -0.4 is 5.32 Å². The minimum Gasteiger partial charge on any atom is -0.477 e. The van der Waals surface area contributed by atoms with Crippen molar-refractivity contribution in [1.29, 1.82) is 0 Å². The average Bonchev–Trinajstić information content (AvgIpc) is 2.28. The number of nitrogens with zero attached hydrogens (tertiary/aromatic N) is 2. The zero-order chi connectivity index (χ0) is 13.1. The van der Waals surface area contributed by atoms with Crippen molar-refractivity contribution >= 4 is 17.6 Å². The first-order valence-corrected chi connectivity index (χ1v) is 5.47. The number of carboxylic acid groups (broad SMARTS) is 1. The SMILES string of the molecule is Cc1cccc(Nc2nc(C)cc(C(=O)O)n2)c1. The molecule has 5 nitrogen and oxygen atoms in total. The molecule has 92 valence electrons. The monoisotopic (exact) mass is 243 g/mol. The second kappa shape index (κ2) is 4.83. The van der Waals surface area contributed by atoms with Crippen LogP contribution in [0.3, 0.4) is 0 Å². The highest BCUT2D eigenvalue weighted by Crippen LogP contribution is 2.15. The number of carboxylic acids is 1. The van der Waals surface area contributed by atoms with Crippen molar-refractivity contribution in [1.82, 2.24) is 9.97 Å². The molecule has 18 heavy (non-hydrogen) atoms. The van der Waals surface area contributed by atoms with Crippen molar-refractivity contribution in [3.8, 4) is 0 Å². The fourth-order valence-corrected chi connectivity index (χ4v) is 1.59. The molecule has 1 aromatic carbocycles. The van der Waals surface area contributed by atoms with Gasteiger partial charge in [-0.15, -0.1) is 0 Å². The molecule has 0 bridgehead atoms. The van der Waals surface area contributed by atoms with Gasteiger partial charge in [-0.2, -0.15) is 0 Å². The summed E-state index contributed by atoms with van der Waals surface area (Å²) in [6, 6.07) is 9.13. The number of aromatic carboxylic acids is 1. The Hall–Kier alpha value is -2.43. The van der Waals surface area contributed by atoms with Crippen molar-refractivity contribution in [3.63, 3.8) is 0 Å². The van der Waals surface area contributed by atoms with E-state index in [-0.39, 0.29) is 11.6 Å². The average molecular weight is 243 g/mol. The zero-order valence-corrected chi connectivity index (χ0v) is 10.1. The van der Waals surface area contributed by atoms with Gasteiger partial charge in [-0.05, 0) is 37.6 Å². The predicted molar refractivity (Wildman–Crippen MR) is 68.2 cm³/mol. The van der Waals surface area contributed by atoms with Gasteiger partial charge in [0.1, 0.15) is 0 Å². The van der Waals surface area contributed by atoms with E-state index in [9.17, 15) is 4.79 Å². The Morgan fingerprint density at radius 2 is 2.00 bits per heavy atom. The van der Waals surface area contributed by atoms with Gasteiger partial charge in [-0.1, -0.05) is 12.1 Å². The number of nitrogens with one attached hydrogen (secondary N) is 1. The third-order valence-corrected chi connectivity index (χ3v) is 2.35. The van der Waals surface area contributed by atoms with Crippen LogP contribution in [-0.2, 0) is 0 Å². The molecule has 0 atom stereocenters. The van der Waals surface area contributed by atoms with Crippen LogP contribution in [0.4, 0.5) is 11.6 Å². The standard InChI is InChI=1S/C13H13N3O2/c1-8-4-3-5-10(6-8)15-13-14-9(2)7-11(16-13)12(17)18/h3-7H,1-2H3,(H,17,18)(H,14,15,16). The van der Waals surface area contributed by atoms with Crippen molar-refractivity contribution in [2.45, 2.75) is 13.8 Å². The molecule has 0 unspecified atom stereocenters. The lowest BCUT2D eigenvalue weighted by Gasteiger charge is -2.07. The smallest absolute Gasteiger partial charge is 0.354 e. The second-order valence-corrected chi connectivity index (χ2v) is 4.02. The molecule has 2 rings (SSSR count). The number of carbonyl (C=O) groups is 1. The van der Waals surface area contributed by atoms with Crippen LogP contribution in [0.2, 0.25) is 0 Å². The third-order valence-electron chi connectivity index (χ3n) is 2.35. The molecule has 0 fully saturated rings. The molecule has 0 spiro atoms. The van der Waals surface area contributed by atoms with Crippen LogP contribution in [0.5, 0.6) is 0 Å². The van der Waals surface area contributed by atoms with Gasteiger partial charge >= 0.3 is 5.97 Å². The highest BCUT2D eigenvalue weighted by atomic mass is 16.4. The number of hydrogen-bond acceptors (Lipinski definition) is 4. The number of aryl methyl sites for hydroxylation is 2. The van der Waals surface area contributed by atoms with Gasteiger partial charge in [0.05, 0.1) is 0 Å². The molecule has 0 radical (unpaired) electrons. The highest BCUT2D eigenvalue weighted by Gasteiger charge is 2.08. The highest BCUT2D eigenvalue weighted by molar-refractivity contribution is 5.85. The molecular formula is C13H13N3O2. The topological polar surface area (TPSA) is 75.1 Å². The van der Waals surface area contributed by atoms with E-state index in [1.54, 1.807) is 6.92 Å². The largest absolute Gasteiger partial charge is 0.477 e. The number of anilines is 2. The minimum atomic E-state index is -1.06. The van der Waals surface area contributed by atoms with Gasteiger partial charge in [0.25, 0.3) is 0 Å². The molecule has 1 heterocycles. The summed E-state index contributed by atoms with van der Waals surface area (Å²) in [6.45, 7) is 3.71. The minimum absolute atomic E-state index is 0.0161. The summed E-state index contributed by atoms with van der Waals surface area (Å²) in [6.07, 6.45) is 0. The van der Waals surface area contributed by atoms with E-state index in [1.165, 1.54) is 6.07 Å². The Morgan fingerprint density at radius 1 is 1.22 bits per heavy atom. The number of rotatable bonds is 3. The van der Waals surface area contributed by atoms with Crippen molar-refractivity contribution in [2.24, 2.45) is 0 Å². The van der Waals surface area contributed by atoms with Gasteiger partial charge < -0.3 is 10.4 Å². The van der Waals surface area contributed by atoms with E-state index >= 15 is 0 Å². The molecule has 5 heteroatoms. The maximum absolute atomic E-state index is 10.9. The summed E-state index contributed by atoms with van der Waals surface area (Å²) >= 11 is 0. The summed E-state index contributed by atoms with van der Waals surface area (Å²) in [5.74, 6) is -0.772. The summed E-state index contributed by atoms with van der Waals surface area (Å²) in [5, 5.41) is 11.9. The van der Waals surface area contributed by atoms with E-state index in [4.69, 9.17) is 5.11 Å². The van der Waals surface area contributed by atoms with Gasteiger partial charge in [0.2, 0.25) is 5.95 Å². The lowest BCUT2D eigenvalue weighted by molar-refractivity contribution is 0.0690. The normalized spacial score (nSPS) is 10.1. The van der Waals surface area contributed by atoms with E-state index in [1.807, 2.05) is 31.2 Å². The summed E-state index contributed by atoms with van der Waals surface area (Å²) in [5.41, 5.74) is 2.53. The molecule has 0 aliphatic heterocycles. The van der Waals surface area contributed by atoms with Gasteiger partial charge in [-0.3, -0.25) is 0 Å². The molecule has 0 aliphatic carbocycles. The van der Waals surface area contributed by atoms with E-state index in [0.29, 0.717) is 5.69 Å². The molecular weight excluding hydrogens is 230 g/mol. The lowest BCUT2D eigenvalue weighted by Crippen LogP contribution is -2.06. The van der Waals surface area contributed by atoms with Crippen molar-refractivity contribution in [2.75, 3.05) is 5.32 Å². The van der Waals surface area contributed by atoms with Crippen LogP contribution >= 0.6 is 0 Å². The summed E-state index contributed by atoms with van der Waals surface area (Å²) in [7, 11) is 0. The molecule has 0 saturated heterocycles. The van der Waals surface area contributed by atoms with E-state index < -0.39 is 5.97 Å². The number of benzene rings is 1. The fourth-order valence-electron chi connectivity index (χ4n) is 1.59. The molecule has 0 aliphatic rings. The fraction of sp³-hybridized carbons (Fsp3) is 0.154. The molecule has 0 amide bonds. The number of aromatic nitrogens is 2. The maximum Gasteiger partial charge on any atom is 0.354 e. The summed E-state index contributed by atoms with van der Waals surface area (Å²) in [4.78, 5) is 19.0. The van der Waals surface area contributed by atoms with Gasteiger partial charge in [0.15, 0.2) is 5.69 Å². The maximum atomic E-state index is 10.9. The Bertz CT molecular complexity index is 597. The molecule has 2 aromatic rings.